The number of carbonyl (C=O) groups excluding carboxylic acids is 2. The van der Waals surface area contributed by atoms with Gasteiger partial charge in [-0.05, 0) is 38.5 Å². The number of fused-ring (bicyclic) bond motifs is 1. The van der Waals surface area contributed by atoms with E-state index in [0.29, 0.717) is 5.56 Å². The summed E-state index contributed by atoms with van der Waals surface area (Å²) in [6.45, 7) is 3.37. The molecule has 0 radical (unpaired) electrons. The zero-order valence-corrected chi connectivity index (χ0v) is 17.3. The third-order valence-electron chi connectivity index (χ3n) is 4.20. The van der Waals surface area contributed by atoms with Crippen molar-refractivity contribution >= 4 is 18.2 Å². The summed E-state index contributed by atoms with van der Waals surface area (Å²) in [6.07, 6.45) is -8.58. The Hall–Kier alpha value is -3.51. The van der Waals surface area contributed by atoms with Gasteiger partial charge in [0.1, 0.15) is 11.9 Å². The molecule has 176 valence electrons. The maximum Gasteiger partial charge on any atom is 0.511 e. The number of benzene rings is 1. The van der Waals surface area contributed by atoms with Gasteiger partial charge < -0.3 is 23.8 Å². The Bertz CT molecular complexity index is 914. The minimum absolute atomic E-state index is 0.00403. The molecule has 1 aromatic rings. The lowest BCUT2D eigenvalue weighted by molar-refractivity contribution is -0.758. The molecule has 0 spiro atoms. The maximum atomic E-state index is 13.5. The summed E-state index contributed by atoms with van der Waals surface area (Å²) < 4.78 is 59.3. The van der Waals surface area contributed by atoms with E-state index in [2.05, 4.69) is 14.3 Å². The molecule has 0 saturated carbocycles. The number of carbonyl (C=O) groups is 2. The van der Waals surface area contributed by atoms with Crippen LogP contribution < -0.4 is 4.74 Å². The first-order valence-corrected chi connectivity index (χ1v) is 9.22. The van der Waals surface area contributed by atoms with E-state index in [1.165, 1.54) is 6.92 Å². The molecular formula is C19H20F3NO9. The molecular weight excluding hydrogens is 443 g/mol. The minimum atomic E-state index is -4.90. The van der Waals surface area contributed by atoms with Gasteiger partial charge in [-0.25, -0.2) is 9.59 Å². The zero-order valence-electron chi connectivity index (χ0n) is 17.3. The van der Waals surface area contributed by atoms with Crippen LogP contribution in [-0.2, 0) is 23.8 Å². The van der Waals surface area contributed by atoms with E-state index in [-0.39, 0.29) is 24.3 Å². The topological polar surface area (TPSA) is 123 Å². The highest BCUT2D eigenvalue weighted by Gasteiger charge is 2.49. The van der Waals surface area contributed by atoms with E-state index >= 15 is 0 Å². The average Bonchev–Trinajstić information content (AvgIpc) is 2.65. The van der Waals surface area contributed by atoms with Gasteiger partial charge in [0.25, 0.3) is 5.09 Å². The summed E-state index contributed by atoms with van der Waals surface area (Å²) in [5, 5.41) is 9.03. The standard InChI is InChI=1S/C19H20F3NO9/c1-10-6-11(2)15-13(7-10)8-14(16(32-15)19(20,21)22)17(24)28-9-29-18(25)31-12(3)4-5-30-23(26)27/h6-8,12,16H,4-5,9H2,1-3H3. The predicted octanol–water partition coefficient (Wildman–Crippen LogP) is 3.65. The summed E-state index contributed by atoms with van der Waals surface area (Å²) in [4.78, 5) is 37.9. The first-order valence-electron chi connectivity index (χ1n) is 9.22. The zero-order chi connectivity index (χ0) is 24.1. The van der Waals surface area contributed by atoms with Crippen molar-refractivity contribution in [1.82, 2.24) is 0 Å². The first kappa shape index (κ1) is 24.8. The fraction of sp³-hybridized carbons (Fsp3) is 0.474. The molecule has 2 atom stereocenters. The third-order valence-corrected chi connectivity index (χ3v) is 4.20. The highest BCUT2D eigenvalue weighted by atomic mass is 19.4. The SMILES string of the molecule is Cc1cc(C)c2c(c1)C=C(C(=O)OCOC(=O)OC(C)CCO[N+](=O)[O-])C(C(F)(F)F)O2. The quantitative estimate of drug-likeness (QED) is 0.246. The van der Waals surface area contributed by atoms with E-state index in [1.807, 2.05) is 0 Å². The van der Waals surface area contributed by atoms with Crippen molar-refractivity contribution in [3.05, 3.63) is 44.5 Å². The normalized spacial score (nSPS) is 16.1. The summed E-state index contributed by atoms with van der Waals surface area (Å²) in [5.74, 6) is -1.39. The van der Waals surface area contributed by atoms with E-state index in [1.54, 1.807) is 26.0 Å². The molecule has 2 rings (SSSR count). The van der Waals surface area contributed by atoms with Gasteiger partial charge in [0.05, 0.1) is 12.2 Å². The van der Waals surface area contributed by atoms with Crippen molar-refractivity contribution in [1.29, 1.82) is 0 Å². The smallest absolute Gasteiger partial charge is 0.475 e. The molecule has 0 saturated heterocycles. The molecule has 2 unspecified atom stereocenters. The third kappa shape index (κ3) is 6.75. The predicted molar refractivity (Wildman–Crippen MR) is 99.9 cm³/mol. The number of rotatable bonds is 8. The van der Waals surface area contributed by atoms with Gasteiger partial charge in [0.15, 0.2) is 0 Å². The van der Waals surface area contributed by atoms with Gasteiger partial charge in [0.2, 0.25) is 12.9 Å². The van der Waals surface area contributed by atoms with Crippen molar-refractivity contribution < 1.29 is 51.6 Å². The van der Waals surface area contributed by atoms with Crippen molar-refractivity contribution in [2.45, 2.75) is 45.6 Å². The van der Waals surface area contributed by atoms with Crippen LogP contribution in [0.4, 0.5) is 18.0 Å². The number of hydrogen-bond donors (Lipinski definition) is 0. The van der Waals surface area contributed by atoms with Crippen LogP contribution in [-0.4, -0.2) is 49.0 Å². The summed E-state index contributed by atoms with van der Waals surface area (Å²) in [6, 6.07) is 3.20. The van der Waals surface area contributed by atoms with Crippen LogP contribution in [0.5, 0.6) is 5.75 Å². The van der Waals surface area contributed by atoms with Crippen LogP contribution in [0.15, 0.2) is 17.7 Å². The van der Waals surface area contributed by atoms with Gasteiger partial charge in [-0.2, -0.15) is 13.2 Å². The molecule has 1 aromatic carbocycles. The molecule has 32 heavy (non-hydrogen) atoms. The van der Waals surface area contributed by atoms with Crippen LogP contribution in [0.25, 0.3) is 6.08 Å². The van der Waals surface area contributed by atoms with E-state index < -0.39 is 48.0 Å². The number of nitrogens with zero attached hydrogens (tertiary/aromatic N) is 1. The monoisotopic (exact) mass is 463 g/mol. The van der Waals surface area contributed by atoms with Gasteiger partial charge in [0, 0.05) is 12.0 Å². The van der Waals surface area contributed by atoms with Crippen LogP contribution in [0.1, 0.15) is 30.0 Å². The Balaban J connectivity index is 1.99. The molecule has 0 amide bonds. The summed E-state index contributed by atoms with van der Waals surface area (Å²) >= 11 is 0. The molecule has 0 bridgehead atoms. The Morgan fingerprint density at radius 3 is 2.56 bits per heavy atom. The molecule has 0 N–H and O–H groups in total. The fourth-order valence-electron chi connectivity index (χ4n) is 2.85. The van der Waals surface area contributed by atoms with Crippen molar-refractivity contribution in [2.24, 2.45) is 0 Å². The molecule has 13 heteroatoms. The number of esters is 1. The van der Waals surface area contributed by atoms with Crippen LogP contribution in [0.3, 0.4) is 0 Å². The molecule has 10 nitrogen and oxygen atoms in total. The Labute approximate surface area is 179 Å². The van der Waals surface area contributed by atoms with Gasteiger partial charge >= 0.3 is 18.3 Å². The van der Waals surface area contributed by atoms with Crippen LogP contribution >= 0.6 is 0 Å². The molecule has 0 fully saturated rings. The van der Waals surface area contributed by atoms with E-state index in [9.17, 15) is 32.9 Å². The molecule has 1 heterocycles. The van der Waals surface area contributed by atoms with Crippen LogP contribution in [0, 0.1) is 24.0 Å². The summed E-state index contributed by atoms with van der Waals surface area (Å²) in [5.41, 5.74) is 0.697. The largest absolute Gasteiger partial charge is 0.511 e. The van der Waals surface area contributed by atoms with E-state index in [4.69, 9.17) is 9.47 Å². The maximum absolute atomic E-state index is 13.5. The molecule has 1 aliphatic heterocycles. The highest BCUT2D eigenvalue weighted by molar-refractivity contribution is 5.96. The number of alkyl halides is 3. The second-order valence-electron chi connectivity index (χ2n) is 6.86. The van der Waals surface area contributed by atoms with Gasteiger partial charge in [-0.15, -0.1) is 10.1 Å². The second kappa shape index (κ2) is 10.2. The molecule has 0 aromatic heterocycles. The lowest BCUT2D eigenvalue weighted by Crippen LogP contribution is -2.41. The number of aryl methyl sites for hydroxylation is 2. The van der Waals surface area contributed by atoms with Gasteiger partial charge in [-0.3, -0.25) is 0 Å². The number of ether oxygens (including phenoxy) is 4. The first-order chi connectivity index (χ1) is 14.9. The molecule has 1 aliphatic rings. The number of halogens is 3. The second-order valence-corrected chi connectivity index (χ2v) is 6.86. The lowest BCUT2D eigenvalue weighted by Gasteiger charge is -2.29. The van der Waals surface area contributed by atoms with Crippen molar-refractivity contribution in [3.63, 3.8) is 0 Å². The number of hydrogen-bond acceptors (Lipinski definition) is 9. The molecule has 0 aliphatic carbocycles. The Kier molecular flexibility index (Phi) is 7.89. The fourth-order valence-corrected chi connectivity index (χ4v) is 2.85. The lowest BCUT2D eigenvalue weighted by atomic mass is 9.97. The van der Waals surface area contributed by atoms with Crippen LogP contribution in [0.2, 0.25) is 0 Å². The van der Waals surface area contributed by atoms with Gasteiger partial charge in [-0.1, -0.05) is 11.6 Å². The van der Waals surface area contributed by atoms with Crippen molar-refractivity contribution in [2.75, 3.05) is 13.4 Å². The van der Waals surface area contributed by atoms with Crippen molar-refractivity contribution in [3.8, 4) is 5.75 Å². The Morgan fingerprint density at radius 1 is 1.25 bits per heavy atom. The Morgan fingerprint density at radius 2 is 1.94 bits per heavy atom. The average molecular weight is 463 g/mol. The minimum Gasteiger partial charge on any atom is -0.475 e. The highest BCUT2D eigenvalue weighted by Crippen LogP contribution is 2.39. The van der Waals surface area contributed by atoms with E-state index in [0.717, 1.165) is 11.6 Å². The summed E-state index contributed by atoms with van der Waals surface area (Å²) in [7, 11) is 0.